The molecule has 0 aliphatic carbocycles. The van der Waals surface area contributed by atoms with E-state index in [0.29, 0.717) is 6.42 Å². The summed E-state index contributed by atoms with van der Waals surface area (Å²) in [5, 5.41) is 8.60. The molecule has 0 spiro atoms. The van der Waals surface area contributed by atoms with E-state index < -0.39 is 29.6 Å². The molecule has 88 valence electrons. The number of rotatable bonds is 3. The standard InChI is InChI=1S/C11H15NO4/c1-4-11(2,3)10(14)16-8-5-7(6-12)9(13)15-8/h7-8H,4-5H2,1-3H3. The number of hydrogen-bond donors (Lipinski definition) is 0. The first-order chi connectivity index (χ1) is 7.40. The third-order valence-electron chi connectivity index (χ3n) is 2.79. The first-order valence-electron chi connectivity index (χ1n) is 5.22. The monoisotopic (exact) mass is 225 g/mol. The maximum Gasteiger partial charge on any atom is 0.326 e. The van der Waals surface area contributed by atoms with Crippen molar-refractivity contribution in [1.82, 2.24) is 0 Å². The molecule has 0 N–H and O–H groups in total. The Bertz CT molecular complexity index is 342. The third kappa shape index (κ3) is 2.51. The summed E-state index contributed by atoms with van der Waals surface area (Å²) >= 11 is 0. The highest BCUT2D eigenvalue weighted by molar-refractivity contribution is 5.79. The van der Waals surface area contributed by atoms with Crippen molar-refractivity contribution in [3.63, 3.8) is 0 Å². The summed E-state index contributed by atoms with van der Waals surface area (Å²) in [4.78, 5) is 22.7. The van der Waals surface area contributed by atoms with Crippen molar-refractivity contribution >= 4 is 11.9 Å². The van der Waals surface area contributed by atoms with E-state index in [1.165, 1.54) is 0 Å². The van der Waals surface area contributed by atoms with E-state index in [1.807, 2.05) is 6.92 Å². The molecule has 2 unspecified atom stereocenters. The lowest BCUT2D eigenvalue weighted by Crippen LogP contribution is -2.30. The van der Waals surface area contributed by atoms with E-state index in [2.05, 4.69) is 0 Å². The highest BCUT2D eigenvalue weighted by Crippen LogP contribution is 2.27. The van der Waals surface area contributed by atoms with Crippen molar-refractivity contribution in [3.8, 4) is 6.07 Å². The average molecular weight is 225 g/mol. The smallest absolute Gasteiger partial charge is 0.326 e. The zero-order valence-electron chi connectivity index (χ0n) is 9.65. The number of carbonyl (C=O) groups is 2. The number of nitriles is 1. The van der Waals surface area contributed by atoms with Crippen molar-refractivity contribution < 1.29 is 19.1 Å². The fraction of sp³-hybridized carbons (Fsp3) is 0.727. The van der Waals surface area contributed by atoms with Gasteiger partial charge in [-0.2, -0.15) is 5.26 Å². The quantitative estimate of drug-likeness (QED) is 0.678. The number of cyclic esters (lactones) is 1. The fourth-order valence-corrected chi connectivity index (χ4v) is 1.15. The molecule has 0 aromatic rings. The van der Waals surface area contributed by atoms with Crippen LogP contribution in [0.2, 0.25) is 0 Å². The summed E-state index contributed by atoms with van der Waals surface area (Å²) in [6.07, 6.45) is -0.148. The molecule has 5 nitrogen and oxygen atoms in total. The van der Waals surface area contributed by atoms with Crippen LogP contribution in [-0.2, 0) is 19.1 Å². The van der Waals surface area contributed by atoms with Gasteiger partial charge in [0.05, 0.1) is 11.5 Å². The Morgan fingerprint density at radius 3 is 2.75 bits per heavy atom. The highest BCUT2D eigenvalue weighted by atomic mass is 16.7. The molecule has 0 saturated carbocycles. The van der Waals surface area contributed by atoms with Crippen LogP contribution in [0.5, 0.6) is 0 Å². The summed E-state index contributed by atoms with van der Waals surface area (Å²) in [6, 6.07) is 1.80. The van der Waals surface area contributed by atoms with E-state index in [-0.39, 0.29) is 6.42 Å². The van der Waals surface area contributed by atoms with Gasteiger partial charge in [0.25, 0.3) is 0 Å². The van der Waals surface area contributed by atoms with E-state index >= 15 is 0 Å². The van der Waals surface area contributed by atoms with Crippen LogP contribution in [-0.4, -0.2) is 18.2 Å². The van der Waals surface area contributed by atoms with Crippen LogP contribution >= 0.6 is 0 Å². The van der Waals surface area contributed by atoms with Crippen LogP contribution in [0.3, 0.4) is 0 Å². The Balaban J connectivity index is 2.56. The van der Waals surface area contributed by atoms with Crippen molar-refractivity contribution in [2.24, 2.45) is 11.3 Å². The Morgan fingerprint density at radius 1 is 1.69 bits per heavy atom. The second-order valence-corrected chi connectivity index (χ2v) is 4.43. The van der Waals surface area contributed by atoms with Gasteiger partial charge in [-0.15, -0.1) is 0 Å². The summed E-state index contributed by atoms with van der Waals surface area (Å²) in [7, 11) is 0. The molecular weight excluding hydrogens is 210 g/mol. The van der Waals surface area contributed by atoms with Crippen LogP contribution < -0.4 is 0 Å². The zero-order chi connectivity index (χ0) is 12.3. The number of nitrogens with zero attached hydrogens (tertiary/aromatic N) is 1. The van der Waals surface area contributed by atoms with Gasteiger partial charge in [0.15, 0.2) is 5.92 Å². The molecule has 16 heavy (non-hydrogen) atoms. The normalized spacial score (nSPS) is 24.8. The predicted octanol–water partition coefficient (Wildman–Crippen LogP) is 1.38. The number of carbonyl (C=O) groups excluding carboxylic acids is 2. The lowest BCUT2D eigenvalue weighted by atomic mass is 9.91. The highest BCUT2D eigenvalue weighted by Gasteiger charge is 2.39. The molecule has 1 aliphatic rings. The van der Waals surface area contributed by atoms with Gasteiger partial charge in [0, 0.05) is 6.42 Å². The minimum Gasteiger partial charge on any atom is -0.425 e. The van der Waals surface area contributed by atoms with Gasteiger partial charge >= 0.3 is 11.9 Å². The molecule has 1 rings (SSSR count). The second-order valence-electron chi connectivity index (χ2n) is 4.43. The van der Waals surface area contributed by atoms with E-state index in [9.17, 15) is 9.59 Å². The van der Waals surface area contributed by atoms with Crippen LogP contribution in [0.25, 0.3) is 0 Å². The Labute approximate surface area is 94.3 Å². The van der Waals surface area contributed by atoms with E-state index in [4.69, 9.17) is 14.7 Å². The van der Waals surface area contributed by atoms with Gasteiger partial charge in [-0.1, -0.05) is 6.92 Å². The topological polar surface area (TPSA) is 76.4 Å². The average Bonchev–Trinajstić information content (AvgIpc) is 2.58. The lowest BCUT2D eigenvalue weighted by Gasteiger charge is -2.22. The van der Waals surface area contributed by atoms with Crippen molar-refractivity contribution in [2.45, 2.75) is 39.9 Å². The van der Waals surface area contributed by atoms with Crippen LogP contribution in [0, 0.1) is 22.7 Å². The minimum absolute atomic E-state index is 0.126. The van der Waals surface area contributed by atoms with Crippen LogP contribution in [0.15, 0.2) is 0 Å². The molecular formula is C11H15NO4. The molecule has 1 saturated heterocycles. The second kappa shape index (κ2) is 4.52. The summed E-state index contributed by atoms with van der Waals surface area (Å²) in [6.45, 7) is 5.39. The first kappa shape index (κ1) is 12.5. The van der Waals surface area contributed by atoms with Crippen molar-refractivity contribution in [2.75, 3.05) is 0 Å². The van der Waals surface area contributed by atoms with Gasteiger partial charge in [-0.25, -0.2) is 0 Å². The molecule has 0 radical (unpaired) electrons. The first-order valence-corrected chi connectivity index (χ1v) is 5.22. The molecule has 5 heteroatoms. The Kier molecular flexibility index (Phi) is 3.53. The van der Waals surface area contributed by atoms with Crippen molar-refractivity contribution in [3.05, 3.63) is 0 Å². The Morgan fingerprint density at radius 2 is 2.31 bits per heavy atom. The number of hydrogen-bond acceptors (Lipinski definition) is 5. The van der Waals surface area contributed by atoms with E-state index in [0.717, 1.165) is 0 Å². The lowest BCUT2D eigenvalue weighted by molar-refractivity contribution is -0.184. The molecule has 0 aromatic heterocycles. The molecule has 0 amide bonds. The molecule has 0 bridgehead atoms. The van der Waals surface area contributed by atoms with Gasteiger partial charge in [0.1, 0.15) is 0 Å². The maximum absolute atomic E-state index is 11.7. The molecule has 1 fully saturated rings. The van der Waals surface area contributed by atoms with E-state index in [1.54, 1.807) is 19.9 Å². The molecule has 2 atom stereocenters. The number of ether oxygens (including phenoxy) is 2. The number of esters is 2. The molecule has 1 aliphatic heterocycles. The predicted molar refractivity (Wildman–Crippen MR) is 53.8 cm³/mol. The largest absolute Gasteiger partial charge is 0.425 e. The Hall–Kier alpha value is -1.57. The van der Waals surface area contributed by atoms with Gasteiger partial charge in [-0.3, -0.25) is 9.59 Å². The maximum atomic E-state index is 11.7. The van der Waals surface area contributed by atoms with Crippen LogP contribution in [0.4, 0.5) is 0 Å². The van der Waals surface area contributed by atoms with Crippen molar-refractivity contribution in [1.29, 1.82) is 5.26 Å². The van der Waals surface area contributed by atoms with Gasteiger partial charge < -0.3 is 9.47 Å². The molecule has 1 heterocycles. The summed E-state index contributed by atoms with van der Waals surface area (Å²) in [5.41, 5.74) is -0.600. The zero-order valence-corrected chi connectivity index (χ0v) is 9.65. The molecule has 0 aromatic carbocycles. The van der Waals surface area contributed by atoms with Crippen LogP contribution in [0.1, 0.15) is 33.6 Å². The van der Waals surface area contributed by atoms with Gasteiger partial charge in [-0.05, 0) is 20.3 Å². The minimum atomic E-state index is -0.907. The third-order valence-corrected chi connectivity index (χ3v) is 2.79. The van der Waals surface area contributed by atoms with Gasteiger partial charge in [0.2, 0.25) is 6.29 Å². The fourth-order valence-electron chi connectivity index (χ4n) is 1.15. The SMILES string of the molecule is CCC(C)(C)C(=O)OC1CC(C#N)C(=O)O1. The summed E-state index contributed by atoms with van der Waals surface area (Å²) in [5.74, 6) is -1.84. The summed E-state index contributed by atoms with van der Waals surface area (Å²) < 4.78 is 9.81.